The highest BCUT2D eigenvalue weighted by Gasteiger charge is 2.03. The molecule has 0 amide bonds. The van der Waals surface area contributed by atoms with Crippen LogP contribution in [0.15, 0.2) is 12.1 Å². The summed E-state index contributed by atoms with van der Waals surface area (Å²) in [7, 11) is 0. The zero-order chi connectivity index (χ0) is 7.72. The number of aryl methyl sites for hydroxylation is 1. The van der Waals surface area contributed by atoms with Crippen LogP contribution in [-0.4, -0.2) is 0 Å². The molecule has 0 aliphatic carbocycles. The van der Waals surface area contributed by atoms with Gasteiger partial charge in [0.1, 0.15) is 0 Å². The third-order valence-corrected chi connectivity index (χ3v) is 1.61. The Morgan fingerprint density at radius 2 is 1.70 bits per heavy atom. The van der Waals surface area contributed by atoms with E-state index in [1.54, 1.807) is 6.92 Å². The van der Waals surface area contributed by atoms with Crippen molar-refractivity contribution in [1.29, 1.82) is 0 Å². The average Bonchev–Trinajstić information content (AvgIpc) is 1.84. The van der Waals surface area contributed by atoms with E-state index in [4.69, 9.17) is 11.6 Å². The molecule has 0 saturated heterocycles. The Balaban J connectivity index is 3.28. The van der Waals surface area contributed by atoms with Crippen molar-refractivity contribution in [2.75, 3.05) is 0 Å². The van der Waals surface area contributed by atoms with Crippen LogP contribution in [0.25, 0.3) is 0 Å². The van der Waals surface area contributed by atoms with E-state index in [1.165, 1.54) is 0 Å². The van der Waals surface area contributed by atoms with Gasteiger partial charge in [0, 0.05) is 5.02 Å². The summed E-state index contributed by atoms with van der Waals surface area (Å²) in [5.74, 6) is -1.77. The van der Waals surface area contributed by atoms with Crippen LogP contribution in [0.1, 0.15) is 5.56 Å². The van der Waals surface area contributed by atoms with E-state index < -0.39 is 11.6 Å². The minimum Gasteiger partial charge on any atom is -0.204 e. The van der Waals surface area contributed by atoms with Gasteiger partial charge in [-0.15, -0.1) is 0 Å². The lowest BCUT2D eigenvalue weighted by Gasteiger charge is -1.96. The zero-order valence-corrected chi connectivity index (χ0v) is 6.04. The highest BCUT2D eigenvalue weighted by atomic mass is 35.5. The first-order valence-electron chi connectivity index (χ1n) is 2.72. The Morgan fingerprint density at radius 3 is 2.20 bits per heavy atom. The summed E-state index contributed by atoms with van der Waals surface area (Å²) < 4.78 is 24.6. The van der Waals surface area contributed by atoms with Gasteiger partial charge in [0.25, 0.3) is 0 Å². The van der Waals surface area contributed by atoms with E-state index in [2.05, 4.69) is 0 Å². The van der Waals surface area contributed by atoms with Crippen LogP contribution >= 0.6 is 11.6 Å². The van der Waals surface area contributed by atoms with Gasteiger partial charge in [-0.25, -0.2) is 8.78 Å². The Kier molecular flexibility index (Phi) is 1.90. The van der Waals surface area contributed by atoms with Gasteiger partial charge in [-0.1, -0.05) is 11.6 Å². The maximum atomic E-state index is 12.3. The second kappa shape index (κ2) is 2.54. The van der Waals surface area contributed by atoms with Crippen molar-refractivity contribution < 1.29 is 8.78 Å². The first-order valence-corrected chi connectivity index (χ1v) is 3.10. The third-order valence-electron chi connectivity index (χ3n) is 1.20. The molecule has 1 rings (SSSR count). The number of rotatable bonds is 0. The molecule has 0 aliphatic rings. The summed E-state index contributed by atoms with van der Waals surface area (Å²) in [6, 6.07) is 2.03. The number of benzene rings is 1. The van der Waals surface area contributed by atoms with Gasteiger partial charge in [-0.3, -0.25) is 0 Å². The molecule has 3 heteroatoms. The molecule has 10 heavy (non-hydrogen) atoms. The van der Waals surface area contributed by atoms with Crippen LogP contribution < -0.4 is 0 Å². The summed E-state index contributed by atoms with van der Waals surface area (Å²) in [6.07, 6.45) is 0. The predicted octanol–water partition coefficient (Wildman–Crippen LogP) is 2.93. The van der Waals surface area contributed by atoms with Crippen molar-refractivity contribution >= 4 is 11.6 Å². The summed E-state index contributed by atoms with van der Waals surface area (Å²) >= 11 is 5.48. The molecule has 0 nitrogen and oxygen atoms in total. The van der Waals surface area contributed by atoms with Gasteiger partial charge in [0.15, 0.2) is 11.6 Å². The second-order valence-electron chi connectivity index (χ2n) is 2.02. The molecular formula is C7H5ClF2. The fourth-order valence-corrected chi connectivity index (χ4v) is 0.772. The summed E-state index contributed by atoms with van der Waals surface area (Å²) in [4.78, 5) is 0. The zero-order valence-electron chi connectivity index (χ0n) is 5.29. The van der Waals surface area contributed by atoms with Crippen LogP contribution in [0.3, 0.4) is 0 Å². The lowest BCUT2D eigenvalue weighted by molar-refractivity contribution is 0.508. The Morgan fingerprint density at radius 1 is 1.20 bits per heavy atom. The van der Waals surface area contributed by atoms with Crippen molar-refractivity contribution in [3.05, 3.63) is 34.4 Å². The monoisotopic (exact) mass is 162 g/mol. The van der Waals surface area contributed by atoms with Gasteiger partial charge in [0.2, 0.25) is 0 Å². The van der Waals surface area contributed by atoms with E-state index >= 15 is 0 Å². The molecule has 0 bridgehead atoms. The van der Waals surface area contributed by atoms with Crippen molar-refractivity contribution in [2.24, 2.45) is 0 Å². The van der Waals surface area contributed by atoms with Crippen LogP contribution in [0.5, 0.6) is 0 Å². The molecule has 0 spiro atoms. The van der Waals surface area contributed by atoms with Gasteiger partial charge < -0.3 is 0 Å². The summed E-state index contributed by atoms with van der Waals surface area (Å²) in [5.41, 5.74) is 0.542. The van der Waals surface area contributed by atoms with Crippen molar-refractivity contribution in [3.63, 3.8) is 0 Å². The fourth-order valence-electron chi connectivity index (χ4n) is 0.622. The highest BCUT2D eigenvalue weighted by molar-refractivity contribution is 6.31. The second-order valence-corrected chi connectivity index (χ2v) is 2.42. The number of halogens is 3. The summed E-state index contributed by atoms with van der Waals surface area (Å²) in [5, 5.41) is 0.249. The highest BCUT2D eigenvalue weighted by Crippen LogP contribution is 2.18. The van der Waals surface area contributed by atoms with Gasteiger partial charge in [-0.2, -0.15) is 0 Å². The SMILES string of the molecule is Cc1cc(F)c(F)cc1Cl. The lowest BCUT2D eigenvalue weighted by Crippen LogP contribution is -1.85. The van der Waals surface area contributed by atoms with E-state index in [9.17, 15) is 8.78 Å². The molecule has 1 aromatic rings. The topological polar surface area (TPSA) is 0 Å². The van der Waals surface area contributed by atoms with Crippen LogP contribution in [0, 0.1) is 18.6 Å². The Labute approximate surface area is 62.4 Å². The average molecular weight is 163 g/mol. The Bertz CT molecular complexity index is 208. The van der Waals surface area contributed by atoms with Gasteiger partial charge in [-0.05, 0) is 24.6 Å². The third kappa shape index (κ3) is 1.27. The van der Waals surface area contributed by atoms with E-state index in [1.807, 2.05) is 0 Å². The standard InChI is InChI=1S/C7H5ClF2/c1-4-2-6(9)7(10)3-5(4)8/h2-3H,1H3. The molecular weight excluding hydrogens is 158 g/mol. The molecule has 54 valence electrons. The predicted molar refractivity (Wildman–Crippen MR) is 36.1 cm³/mol. The fraction of sp³-hybridized carbons (Fsp3) is 0.143. The minimum absolute atomic E-state index is 0.249. The molecule has 0 fully saturated rings. The number of hydrogen-bond acceptors (Lipinski definition) is 0. The largest absolute Gasteiger partial charge is 0.204 e. The van der Waals surface area contributed by atoms with Crippen molar-refractivity contribution in [2.45, 2.75) is 6.92 Å². The molecule has 0 saturated carbocycles. The molecule has 0 aromatic heterocycles. The van der Waals surface area contributed by atoms with Crippen molar-refractivity contribution in [1.82, 2.24) is 0 Å². The molecule has 1 aromatic carbocycles. The summed E-state index contributed by atoms with van der Waals surface area (Å²) in [6.45, 7) is 1.62. The number of hydrogen-bond donors (Lipinski definition) is 0. The normalized spacial score (nSPS) is 10.0. The maximum Gasteiger partial charge on any atom is 0.160 e. The van der Waals surface area contributed by atoms with Crippen LogP contribution in [0.4, 0.5) is 8.78 Å². The quantitative estimate of drug-likeness (QED) is 0.515. The molecule has 0 N–H and O–H groups in total. The van der Waals surface area contributed by atoms with Crippen LogP contribution in [-0.2, 0) is 0 Å². The smallest absolute Gasteiger partial charge is 0.160 e. The van der Waals surface area contributed by atoms with Crippen LogP contribution in [0.2, 0.25) is 5.02 Å². The maximum absolute atomic E-state index is 12.3. The van der Waals surface area contributed by atoms with Gasteiger partial charge >= 0.3 is 0 Å². The van der Waals surface area contributed by atoms with E-state index in [0.29, 0.717) is 5.56 Å². The first-order chi connectivity index (χ1) is 4.61. The minimum atomic E-state index is -0.907. The molecule has 0 radical (unpaired) electrons. The lowest BCUT2D eigenvalue weighted by atomic mass is 10.2. The Hall–Kier alpha value is -0.630. The van der Waals surface area contributed by atoms with E-state index in [0.717, 1.165) is 12.1 Å². The molecule has 0 atom stereocenters. The van der Waals surface area contributed by atoms with E-state index in [-0.39, 0.29) is 5.02 Å². The molecule has 0 heterocycles. The molecule has 0 aliphatic heterocycles. The molecule has 0 unspecified atom stereocenters. The van der Waals surface area contributed by atoms with Crippen molar-refractivity contribution in [3.8, 4) is 0 Å². The first kappa shape index (κ1) is 7.48. The van der Waals surface area contributed by atoms with Gasteiger partial charge in [0.05, 0.1) is 0 Å².